The van der Waals surface area contributed by atoms with E-state index in [2.05, 4.69) is 9.97 Å². The molecular weight excluding hydrogens is 349 g/mol. The Labute approximate surface area is 154 Å². The van der Waals surface area contributed by atoms with E-state index in [0.717, 1.165) is 0 Å². The molecule has 136 valence electrons. The maximum absolute atomic E-state index is 15.4. The zero-order chi connectivity index (χ0) is 19.0. The van der Waals surface area contributed by atoms with Gasteiger partial charge in [0.2, 0.25) is 5.67 Å². The van der Waals surface area contributed by atoms with Crippen molar-refractivity contribution in [1.29, 1.82) is 0 Å². The highest BCUT2D eigenvalue weighted by Crippen LogP contribution is 2.66. The van der Waals surface area contributed by atoms with Gasteiger partial charge in [0.15, 0.2) is 11.6 Å². The molecule has 6 nitrogen and oxygen atoms in total. The summed E-state index contributed by atoms with van der Waals surface area (Å²) in [7, 11) is 0. The van der Waals surface area contributed by atoms with Crippen molar-refractivity contribution in [2.24, 2.45) is 0 Å². The monoisotopic (exact) mass is 365 g/mol. The normalized spacial score (nSPS) is 23.6. The van der Waals surface area contributed by atoms with Crippen molar-refractivity contribution in [2.75, 3.05) is 0 Å². The van der Waals surface area contributed by atoms with Gasteiger partial charge in [-0.05, 0) is 11.1 Å². The number of nitrogens with zero attached hydrogens (tertiary/aromatic N) is 2. The zero-order valence-corrected chi connectivity index (χ0v) is 14.1. The summed E-state index contributed by atoms with van der Waals surface area (Å²) >= 11 is 0. The third-order valence-electron chi connectivity index (χ3n) is 4.90. The number of aromatic hydroxyl groups is 1. The van der Waals surface area contributed by atoms with E-state index in [9.17, 15) is 9.90 Å². The van der Waals surface area contributed by atoms with Gasteiger partial charge in [-0.3, -0.25) is 10.0 Å². The van der Waals surface area contributed by atoms with Crippen molar-refractivity contribution in [3.05, 3.63) is 78.1 Å². The second-order valence-corrected chi connectivity index (χ2v) is 6.46. The molecule has 0 aliphatic heterocycles. The minimum Gasteiger partial charge on any atom is -0.505 e. The topological polar surface area (TPSA) is 95.3 Å². The molecule has 1 heterocycles. The number of rotatable bonds is 4. The predicted octanol–water partition coefficient (Wildman–Crippen LogP) is 2.94. The van der Waals surface area contributed by atoms with Gasteiger partial charge in [-0.25, -0.2) is 19.8 Å². The Balaban J connectivity index is 1.67. The van der Waals surface area contributed by atoms with E-state index < -0.39 is 23.4 Å². The van der Waals surface area contributed by atoms with Gasteiger partial charge < -0.3 is 5.11 Å². The number of hydrogen-bond donors (Lipinski definition) is 3. The van der Waals surface area contributed by atoms with Crippen LogP contribution in [0.2, 0.25) is 0 Å². The van der Waals surface area contributed by atoms with Gasteiger partial charge in [-0.1, -0.05) is 54.6 Å². The van der Waals surface area contributed by atoms with E-state index >= 15 is 4.39 Å². The Kier molecular flexibility index (Phi) is 4.08. The average molecular weight is 365 g/mol. The fourth-order valence-corrected chi connectivity index (χ4v) is 3.57. The molecule has 1 aliphatic carbocycles. The van der Waals surface area contributed by atoms with Crippen molar-refractivity contribution in [2.45, 2.75) is 17.5 Å². The van der Waals surface area contributed by atoms with Gasteiger partial charge in [0.05, 0.1) is 12.4 Å². The maximum atomic E-state index is 15.4. The maximum Gasteiger partial charge on any atom is 0.282 e. The quantitative estimate of drug-likeness (QED) is 0.488. The second kappa shape index (κ2) is 6.44. The molecule has 3 aromatic rings. The number of aromatic nitrogens is 2. The fourth-order valence-electron chi connectivity index (χ4n) is 3.57. The van der Waals surface area contributed by atoms with Crippen molar-refractivity contribution in [3.8, 4) is 17.1 Å². The van der Waals surface area contributed by atoms with Gasteiger partial charge in [0.25, 0.3) is 5.91 Å². The Morgan fingerprint density at radius 1 is 0.963 bits per heavy atom. The minimum absolute atomic E-state index is 0.0312. The molecule has 1 saturated carbocycles. The molecule has 27 heavy (non-hydrogen) atoms. The second-order valence-electron chi connectivity index (χ2n) is 6.46. The Morgan fingerprint density at radius 2 is 1.52 bits per heavy atom. The molecule has 0 radical (unpaired) electrons. The van der Waals surface area contributed by atoms with Crippen LogP contribution in [0.3, 0.4) is 0 Å². The standard InChI is InChI=1S/C20H16FN3O3/c21-20(19(26)24-27)16(12-4-2-1-3-5-12)17(20)13-6-8-14(9-7-13)18-22-10-15(25)11-23-18/h1-11,16-17,25,27H,(H,24,26)/t16-,17-,20+/m1/s1. The molecule has 3 atom stereocenters. The molecule has 1 aromatic heterocycles. The molecule has 1 fully saturated rings. The van der Waals surface area contributed by atoms with Gasteiger partial charge in [-0.15, -0.1) is 0 Å². The number of alkyl halides is 1. The van der Waals surface area contributed by atoms with Crippen molar-refractivity contribution < 1.29 is 19.5 Å². The first-order valence-electron chi connectivity index (χ1n) is 8.35. The van der Waals surface area contributed by atoms with E-state index in [1.165, 1.54) is 17.9 Å². The Morgan fingerprint density at radius 3 is 2.07 bits per heavy atom. The van der Waals surface area contributed by atoms with Gasteiger partial charge in [0, 0.05) is 17.4 Å². The predicted molar refractivity (Wildman–Crippen MR) is 94.8 cm³/mol. The number of amides is 1. The van der Waals surface area contributed by atoms with Crippen LogP contribution in [-0.2, 0) is 4.79 Å². The number of carbonyl (C=O) groups excluding carboxylic acids is 1. The molecule has 2 aromatic carbocycles. The van der Waals surface area contributed by atoms with E-state index in [0.29, 0.717) is 22.5 Å². The van der Waals surface area contributed by atoms with Crippen molar-refractivity contribution in [3.63, 3.8) is 0 Å². The Bertz CT molecular complexity index is 964. The number of benzene rings is 2. The van der Waals surface area contributed by atoms with Crippen LogP contribution in [0.1, 0.15) is 23.0 Å². The summed E-state index contributed by atoms with van der Waals surface area (Å²) in [6.45, 7) is 0. The van der Waals surface area contributed by atoms with Crippen LogP contribution in [0.15, 0.2) is 67.0 Å². The highest BCUT2D eigenvalue weighted by Gasteiger charge is 2.72. The highest BCUT2D eigenvalue weighted by atomic mass is 19.1. The van der Waals surface area contributed by atoms with Gasteiger partial charge in [0.1, 0.15) is 0 Å². The summed E-state index contributed by atoms with van der Waals surface area (Å²) < 4.78 is 15.4. The summed E-state index contributed by atoms with van der Waals surface area (Å²) in [4.78, 5) is 20.1. The van der Waals surface area contributed by atoms with Crippen LogP contribution in [-0.4, -0.2) is 31.9 Å². The zero-order valence-electron chi connectivity index (χ0n) is 14.1. The number of halogens is 1. The minimum atomic E-state index is -2.22. The van der Waals surface area contributed by atoms with E-state index in [-0.39, 0.29) is 5.75 Å². The van der Waals surface area contributed by atoms with Crippen molar-refractivity contribution >= 4 is 5.91 Å². The van der Waals surface area contributed by atoms with Crippen molar-refractivity contribution in [1.82, 2.24) is 15.4 Å². The Hall–Kier alpha value is -3.32. The number of carbonyl (C=O) groups is 1. The molecule has 0 bridgehead atoms. The van der Waals surface area contributed by atoms with Crippen LogP contribution in [0.25, 0.3) is 11.4 Å². The first kappa shape index (κ1) is 17.1. The van der Waals surface area contributed by atoms with Gasteiger partial charge >= 0.3 is 0 Å². The van der Waals surface area contributed by atoms with Gasteiger partial charge in [-0.2, -0.15) is 0 Å². The van der Waals surface area contributed by atoms with Crippen LogP contribution in [0.5, 0.6) is 5.75 Å². The molecule has 0 saturated heterocycles. The number of hydrogen-bond acceptors (Lipinski definition) is 5. The van der Waals surface area contributed by atoms with E-state index in [1.54, 1.807) is 48.5 Å². The summed E-state index contributed by atoms with van der Waals surface area (Å²) in [5.74, 6) is -2.04. The number of nitrogens with one attached hydrogen (secondary N) is 1. The first-order valence-corrected chi connectivity index (χ1v) is 8.35. The van der Waals surface area contributed by atoms with E-state index in [1.807, 2.05) is 6.07 Å². The summed E-state index contributed by atoms with van der Waals surface area (Å²) in [6, 6.07) is 15.8. The SMILES string of the molecule is O=C(NO)[C@]1(F)[C@H](c2ccccc2)[C@H]1c1ccc(-c2ncc(O)cn2)cc1. The fraction of sp³-hybridized carbons (Fsp3) is 0.150. The van der Waals surface area contributed by atoms with Crippen LogP contribution < -0.4 is 5.48 Å². The summed E-state index contributed by atoms with van der Waals surface area (Å²) in [6.07, 6.45) is 2.58. The largest absolute Gasteiger partial charge is 0.505 e. The number of hydroxylamine groups is 1. The lowest BCUT2D eigenvalue weighted by atomic mass is 10.0. The molecule has 1 aliphatic rings. The molecule has 7 heteroatoms. The lowest BCUT2D eigenvalue weighted by molar-refractivity contribution is -0.136. The van der Waals surface area contributed by atoms with E-state index in [4.69, 9.17) is 5.21 Å². The molecule has 0 unspecified atom stereocenters. The lowest BCUT2D eigenvalue weighted by Gasteiger charge is -2.06. The summed E-state index contributed by atoms with van der Waals surface area (Å²) in [5, 5.41) is 18.3. The average Bonchev–Trinajstić information content (AvgIpc) is 3.35. The third-order valence-corrected chi connectivity index (χ3v) is 4.90. The molecule has 3 N–H and O–H groups in total. The first-order chi connectivity index (χ1) is 13.1. The highest BCUT2D eigenvalue weighted by molar-refractivity contribution is 5.92. The third kappa shape index (κ3) is 2.82. The smallest absolute Gasteiger partial charge is 0.282 e. The molecule has 0 spiro atoms. The van der Waals surface area contributed by atoms with Crippen LogP contribution >= 0.6 is 0 Å². The van der Waals surface area contributed by atoms with Crippen LogP contribution in [0, 0.1) is 0 Å². The van der Waals surface area contributed by atoms with Crippen LogP contribution in [0.4, 0.5) is 4.39 Å². The molecule has 1 amide bonds. The molecule has 4 rings (SSSR count). The molecular formula is C20H16FN3O3. The lowest BCUT2D eigenvalue weighted by Crippen LogP contribution is -2.33. The summed E-state index contributed by atoms with van der Waals surface area (Å²) in [5.41, 5.74) is 1.27.